The minimum absolute atomic E-state index is 0.0203. The first kappa shape index (κ1) is 20.8. The summed E-state index contributed by atoms with van der Waals surface area (Å²) in [5.41, 5.74) is 1.66. The van der Waals surface area contributed by atoms with Gasteiger partial charge in [-0.3, -0.25) is 4.79 Å². The van der Waals surface area contributed by atoms with Crippen LogP contribution < -0.4 is 10.6 Å². The molecule has 0 unspecified atom stereocenters. The van der Waals surface area contributed by atoms with Gasteiger partial charge < -0.3 is 15.5 Å². The monoisotopic (exact) mass is 397 g/mol. The van der Waals surface area contributed by atoms with E-state index in [4.69, 9.17) is 0 Å². The van der Waals surface area contributed by atoms with Gasteiger partial charge in [0.1, 0.15) is 5.82 Å². The van der Waals surface area contributed by atoms with Gasteiger partial charge in [0, 0.05) is 25.2 Å². The number of anilines is 1. The zero-order chi connectivity index (χ0) is 20.6. The van der Waals surface area contributed by atoms with Crippen molar-refractivity contribution in [2.45, 2.75) is 38.6 Å². The second kappa shape index (κ2) is 10.0. The average Bonchev–Trinajstić information content (AvgIpc) is 2.74. The molecule has 0 bridgehead atoms. The molecule has 154 valence electrons. The van der Waals surface area contributed by atoms with Crippen LogP contribution in [-0.4, -0.2) is 29.9 Å². The zero-order valence-corrected chi connectivity index (χ0v) is 16.7. The summed E-state index contributed by atoms with van der Waals surface area (Å²) in [7, 11) is 0. The number of amides is 3. The lowest BCUT2D eigenvalue weighted by molar-refractivity contribution is -0.122. The van der Waals surface area contributed by atoms with E-state index in [0.717, 1.165) is 24.8 Å². The molecule has 2 aromatic rings. The van der Waals surface area contributed by atoms with E-state index in [1.807, 2.05) is 37.3 Å². The summed E-state index contributed by atoms with van der Waals surface area (Å²) in [5, 5.41) is 5.85. The van der Waals surface area contributed by atoms with Gasteiger partial charge >= 0.3 is 6.03 Å². The minimum atomic E-state index is -0.333. The second-order valence-electron chi connectivity index (χ2n) is 7.63. The van der Waals surface area contributed by atoms with Crippen LogP contribution in [0.5, 0.6) is 0 Å². The van der Waals surface area contributed by atoms with Crippen LogP contribution in [0.2, 0.25) is 0 Å². The van der Waals surface area contributed by atoms with Gasteiger partial charge in [0.2, 0.25) is 5.91 Å². The Balaban J connectivity index is 1.43. The van der Waals surface area contributed by atoms with Crippen LogP contribution >= 0.6 is 0 Å². The highest BCUT2D eigenvalue weighted by Crippen LogP contribution is 2.22. The summed E-state index contributed by atoms with van der Waals surface area (Å²) in [5.74, 6) is 0.00985. The maximum atomic E-state index is 13.0. The minimum Gasteiger partial charge on any atom is -0.350 e. The van der Waals surface area contributed by atoms with Crippen molar-refractivity contribution in [3.8, 4) is 0 Å². The number of nitrogens with one attached hydrogen (secondary N) is 2. The fourth-order valence-corrected chi connectivity index (χ4v) is 3.69. The van der Waals surface area contributed by atoms with Crippen molar-refractivity contribution in [3.05, 3.63) is 66.0 Å². The van der Waals surface area contributed by atoms with Crippen LogP contribution in [0.1, 0.15) is 44.2 Å². The van der Waals surface area contributed by atoms with Crippen molar-refractivity contribution >= 4 is 17.6 Å². The molecule has 5 nitrogen and oxygen atoms in total. The van der Waals surface area contributed by atoms with Gasteiger partial charge in [-0.25, -0.2) is 9.18 Å². The second-order valence-corrected chi connectivity index (χ2v) is 7.63. The molecule has 0 saturated carbocycles. The molecule has 2 atom stereocenters. The van der Waals surface area contributed by atoms with Gasteiger partial charge in [-0.2, -0.15) is 0 Å². The smallest absolute Gasteiger partial charge is 0.321 e. The molecule has 3 amide bonds. The van der Waals surface area contributed by atoms with E-state index in [2.05, 4.69) is 10.6 Å². The summed E-state index contributed by atoms with van der Waals surface area (Å²) in [4.78, 5) is 26.6. The Morgan fingerprint density at radius 2 is 1.86 bits per heavy atom. The van der Waals surface area contributed by atoms with E-state index in [1.165, 1.54) is 12.1 Å². The molecule has 1 fully saturated rings. The van der Waals surface area contributed by atoms with Gasteiger partial charge in [0.05, 0.1) is 6.04 Å². The fourth-order valence-electron chi connectivity index (χ4n) is 3.69. The first-order chi connectivity index (χ1) is 14.0. The predicted octanol–water partition coefficient (Wildman–Crippen LogP) is 4.73. The van der Waals surface area contributed by atoms with Crippen molar-refractivity contribution in [1.29, 1.82) is 0 Å². The Labute approximate surface area is 171 Å². The highest BCUT2D eigenvalue weighted by atomic mass is 19.1. The molecule has 6 heteroatoms. The first-order valence-electron chi connectivity index (χ1n) is 10.2. The normalized spacial score (nSPS) is 17.4. The number of urea groups is 1. The van der Waals surface area contributed by atoms with Crippen LogP contribution in [0.15, 0.2) is 54.6 Å². The standard InChI is InChI=1S/C23H28FN3O2/c1-17(19-7-3-2-4-8-19)25-22(28)14-9-18-6-5-15-27(16-18)23(29)26-21-12-10-20(24)11-13-21/h2-4,7-8,10-13,17-18H,5-6,9,14-16H2,1H3,(H,25,28)(H,26,29)/t17-,18-/m1/s1. The fraction of sp³-hybridized carbons (Fsp3) is 0.391. The van der Waals surface area contributed by atoms with E-state index >= 15 is 0 Å². The van der Waals surface area contributed by atoms with Crippen molar-refractivity contribution in [3.63, 3.8) is 0 Å². The third-order valence-electron chi connectivity index (χ3n) is 5.36. The predicted molar refractivity (Wildman–Crippen MR) is 112 cm³/mol. The summed E-state index contributed by atoms with van der Waals surface area (Å²) >= 11 is 0. The van der Waals surface area contributed by atoms with Gasteiger partial charge in [-0.1, -0.05) is 30.3 Å². The number of halogens is 1. The quantitative estimate of drug-likeness (QED) is 0.740. The maximum Gasteiger partial charge on any atom is 0.321 e. The van der Waals surface area contributed by atoms with E-state index < -0.39 is 0 Å². The summed E-state index contributed by atoms with van der Waals surface area (Å²) in [6, 6.07) is 15.4. The Bertz CT molecular complexity index is 811. The van der Waals surface area contributed by atoms with Gasteiger partial charge in [-0.05, 0) is 61.9 Å². The molecule has 2 N–H and O–H groups in total. The number of rotatable bonds is 6. The number of carbonyl (C=O) groups excluding carboxylic acids is 2. The third-order valence-corrected chi connectivity index (χ3v) is 5.36. The summed E-state index contributed by atoms with van der Waals surface area (Å²) in [6.07, 6.45) is 3.15. The molecule has 1 aliphatic heterocycles. The summed E-state index contributed by atoms with van der Waals surface area (Å²) in [6.45, 7) is 3.31. The third kappa shape index (κ3) is 6.31. The molecule has 0 spiro atoms. The SMILES string of the molecule is C[C@@H](NC(=O)CC[C@H]1CCCN(C(=O)Nc2ccc(F)cc2)C1)c1ccccc1. The molecular formula is C23H28FN3O2. The Morgan fingerprint density at radius 1 is 1.14 bits per heavy atom. The van der Waals surface area contributed by atoms with Gasteiger partial charge in [-0.15, -0.1) is 0 Å². The van der Waals surface area contributed by atoms with Gasteiger partial charge in [0.15, 0.2) is 0 Å². The van der Waals surface area contributed by atoms with Gasteiger partial charge in [0.25, 0.3) is 0 Å². The molecule has 1 saturated heterocycles. The maximum absolute atomic E-state index is 13.0. The van der Waals surface area contributed by atoms with Crippen molar-refractivity contribution in [1.82, 2.24) is 10.2 Å². The number of hydrogen-bond donors (Lipinski definition) is 2. The van der Waals surface area contributed by atoms with Crippen LogP contribution in [0.4, 0.5) is 14.9 Å². The Kier molecular flexibility index (Phi) is 7.22. The van der Waals surface area contributed by atoms with E-state index in [1.54, 1.807) is 17.0 Å². The van der Waals surface area contributed by atoms with Crippen LogP contribution in [0, 0.1) is 11.7 Å². The average molecular weight is 397 g/mol. The van der Waals surface area contributed by atoms with Crippen molar-refractivity contribution < 1.29 is 14.0 Å². The summed E-state index contributed by atoms with van der Waals surface area (Å²) < 4.78 is 13.0. The highest BCUT2D eigenvalue weighted by Gasteiger charge is 2.24. The Hall–Kier alpha value is -2.89. The van der Waals surface area contributed by atoms with Crippen LogP contribution in [-0.2, 0) is 4.79 Å². The number of hydrogen-bond acceptors (Lipinski definition) is 2. The molecule has 1 heterocycles. The molecule has 0 radical (unpaired) electrons. The molecule has 3 rings (SSSR count). The van der Waals surface area contributed by atoms with Crippen LogP contribution in [0.25, 0.3) is 0 Å². The number of piperidine rings is 1. The number of carbonyl (C=O) groups is 2. The molecule has 29 heavy (non-hydrogen) atoms. The van der Waals surface area contributed by atoms with E-state index in [9.17, 15) is 14.0 Å². The number of benzene rings is 2. The lowest BCUT2D eigenvalue weighted by Gasteiger charge is -2.32. The molecule has 0 aliphatic carbocycles. The number of likely N-dealkylation sites (tertiary alicyclic amines) is 1. The topological polar surface area (TPSA) is 61.4 Å². The van der Waals surface area contributed by atoms with E-state index in [-0.39, 0.29) is 23.8 Å². The van der Waals surface area contributed by atoms with Crippen LogP contribution in [0.3, 0.4) is 0 Å². The molecule has 0 aromatic heterocycles. The molecule has 2 aromatic carbocycles. The van der Waals surface area contributed by atoms with Crippen molar-refractivity contribution in [2.75, 3.05) is 18.4 Å². The Morgan fingerprint density at radius 3 is 2.59 bits per heavy atom. The highest BCUT2D eigenvalue weighted by molar-refractivity contribution is 5.89. The first-order valence-corrected chi connectivity index (χ1v) is 10.2. The zero-order valence-electron chi connectivity index (χ0n) is 16.7. The largest absolute Gasteiger partial charge is 0.350 e. The number of nitrogens with zero attached hydrogens (tertiary/aromatic N) is 1. The lowest BCUT2D eigenvalue weighted by atomic mass is 9.93. The lowest BCUT2D eigenvalue weighted by Crippen LogP contribution is -2.42. The van der Waals surface area contributed by atoms with E-state index in [0.29, 0.717) is 31.1 Å². The van der Waals surface area contributed by atoms with Crippen molar-refractivity contribution in [2.24, 2.45) is 5.92 Å². The molecular weight excluding hydrogens is 369 g/mol. The molecule has 1 aliphatic rings.